The fourth-order valence-electron chi connectivity index (χ4n) is 2.45. The number of carboxylic acid groups (broad SMARTS) is 1. The predicted molar refractivity (Wildman–Crippen MR) is 75.9 cm³/mol. The standard InChI is InChI=1S/C13H19N3O3S/c1-8-4-6-16(11(8)12(17)18)13(19)14-5-3-10-15-9(2)7-20-10/h7-8,11H,3-6H2,1-2H3,(H,14,19)(H,17,18). The maximum Gasteiger partial charge on any atom is 0.326 e. The van der Waals surface area contributed by atoms with E-state index in [1.54, 1.807) is 11.3 Å². The summed E-state index contributed by atoms with van der Waals surface area (Å²) in [4.78, 5) is 29.0. The number of urea groups is 1. The van der Waals surface area contributed by atoms with Crippen LogP contribution in [0.15, 0.2) is 5.38 Å². The van der Waals surface area contributed by atoms with Gasteiger partial charge in [0.15, 0.2) is 0 Å². The number of carbonyl (C=O) groups excluding carboxylic acids is 1. The second-order valence-corrected chi connectivity index (χ2v) is 6.05. The highest BCUT2D eigenvalue weighted by Crippen LogP contribution is 2.23. The molecule has 1 aromatic rings. The average Bonchev–Trinajstić information content (AvgIpc) is 2.95. The number of carbonyl (C=O) groups is 2. The number of carboxylic acids is 1. The van der Waals surface area contributed by atoms with Crippen LogP contribution in [-0.4, -0.2) is 46.1 Å². The Kier molecular flexibility index (Phi) is 4.59. The molecule has 2 unspecified atom stereocenters. The highest BCUT2D eigenvalue weighted by Gasteiger charge is 2.39. The third-order valence-corrected chi connectivity index (χ3v) is 4.52. The Morgan fingerprint density at radius 2 is 2.35 bits per heavy atom. The van der Waals surface area contributed by atoms with E-state index >= 15 is 0 Å². The minimum Gasteiger partial charge on any atom is -0.480 e. The molecule has 7 heteroatoms. The van der Waals surface area contributed by atoms with Gasteiger partial charge in [-0.25, -0.2) is 14.6 Å². The lowest BCUT2D eigenvalue weighted by atomic mass is 10.0. The summed E-state index contributed by atoms with van der Waals surface area (Å²) in [5, 5.41) is 14.9. The molecule has 1 aliphatic heterocycles. The normalized spacial score (nSPS) is 22.0. The number of rotatable bonds is 4. The van der Waals surface area contributed by atoms with Gasteiger partial charge in [-0.15, -0.1) is 11.3 Å². The van der Waals surface area contributed by atoms with Crippen LogP contribution in [0.3, 0.4) is 0 Å². The second kappa shape index (κ2) is 6.21. The molecular formula is C13H19N3O3S. The monoisotopic (exact) mass is 297 g/mol. The van der Waals surface area contributed by atoms with Crippen LogP contribution < -0.4 is 5.32 Å². The summed E-state index contributed by atoms with van der Waals surface area (Å²) in [7, 11) is 0. The van der Waals surface area contributed by atoms with Gasteiger partial charge >= 0.3 is 12.0 Å². The van der Waals surface area contributed by atoms with Crippen molar-refractivity contribution in [1.29, 1.82) is 0 Å². The molecule has 0 spiro atoms. The van der Waals surface area contributed by atoms with Crippen molar-refractivity contribution in [2.45, 2.75) is 32.7 Å². The summed E-state index contributed by atoms with van der Waals surface area (Å²) in [5.41, 5.74) is 0.982. The number of thiazole rings is 1. The minimum atomic E-state index is -0.930. The zero-order chi connectivity index (χ0) is 14.7. The Morgan fingerprint density at radius 1 is 1.60 bits per heavy atom. The van der Waals surface area contributed by atoms with Gasteiger partial charge in [0.1, 0.15) is 6.04 Å². The van der Waals surface area contributed by atoms with E-state index < -0.39 is 12.0 Å². The summed E-state index contributed by atoms with van der Waals surface area (Å²) in [5.74, 6) is -0.930. The second-order valence-electron chi connectivity index (χ2n) is 5.11. The van der Waals surface area contributed by atoms with E-state index in [9.17, 15) is 14.7 Å². The van der Waals surface area contributed by atoms with E-state index in [2.05, 4.69) is 10.3 Å². The number of nitrogens with one attached hydrogen (secondary N) is 1. The Morgan fingerprint density at radius 3 is 2.95 bits per heavy atom. The lowest BCUT2D eigenvalue weighted by Crippen LogP contribution is -2.47. The van der Waals surface area contributed by atoms with E-state index in [4.69, 9.17) is 0 Å². The summed E-state index contributed by atoms with van der Waals surface area (Å²) in [6.07, 6.45) is 1.40. The molecule has 0 aromatic carbocycles. The van der Waals surface area contributed by atoms with Crippen molar-refractivity contribution >= 4 is 23.3 Å². The molecule has 2 rings (SSSR count). The number of nitrogens with zero attached hydrogens (tertiary/aromatic N) is 2. The van der Waals surface area contributed by atoms with Crippen LogP contribution in [0.4, 0.5) is 4.79 Å². The zero-order valence-corrected chi connectivity index (χ0v) is 12.4. The first-order chi connectivity index (χ1) is 9.49. The Hall–Kier alpha value is -1.63. The molecule has 1 saturated heterocycles. The molecule has 20 heavy (non-hydrogen) atoms. The zero-order valence-electron chi connectivity index (χ0n) is 11.6. The highest BCUT2D eigenvalue weighted by molar-refractivity contribution is 7.09. The molecule has 0 aliphatic carbocycles. The van der Waals surface area contributed by atoms with Crippen LogP contribution in [0.25, 0.3) is 0 Å². The van der Waals surface area contributed by atoms with Crippen LogP contribution in [0, 0.1) is 12.8 Å². The van der Waals surface area contributed by atoms with Crippen molar-refractivity contribution in [3.05, 3.63) is 16.1 Å². The van der Waals surface area contributed by atoms with Crippen molar-refractivity contribution in [3.63, 3.8) is 0 Å². The quantitative estimate of drug-likeness (QED) is 0.882. The first kappa shape index (κ1) is 14.8. The van der Waals surface area contributed by atoms with Gasteiger partial charge in [0, 0.05) is 30.6 Å². The fraction of sp³-hybridized carbons (Fsp3) is 0.615. The SMILES string of the molecule is Cc1csc(CCNC(=O)N2CCC(C)C2C(=O)O)n1. The van der Waals surface area contributed by atoms with Gasteiger partial charge in [0.25, 0.3) is 0 Å². The molecule has 0 bridgehead atoms. The smallest absolute Gasteiger partial charge is 0.326 e. The van der Waals surface area contributed by atoms with E-state index in [-0.39, 0.29) is 11.9 Å². The largest absolute Gasteiger partial charge is 0.480 e. The summed E-state index contributed by atoms with van der Waals surface area (Å²) < 4.78 is 0. The van der Waals surface area contributed by atoms with Gasteiger partial charge in [-0.3, -0.25) is 0 Å². The Labute approximate surface area is 121 Å². The maximum absolute atomic E-state index is 12.0. The predicted octanol–water partition coefficient (Wildman–Crippen LogP) is 1.50. The third-order valence-electron chi connectivity index (χ3n) is 3.50. The Bertz CT molecular complexity index is 503. The molecular weight excluding hydrogens is 278 g/mol. The van der Waals surface area contributed by atoms with Crippen LogP contribution in [0.5, 0.6) is 0 Å². The van der Waals surface area contributed by atoms with Gasteiger partial charge in [-0.1, -0.05) is 6.92 Å². The van der Waals surface area contributed by atoms with E-state index in [0.29, 0.717) is 19.5 Å². The first-order valence-electron chi connectivity index (χ1n) is 6.67. The topological polar surface area (TPSA) is 82.5 Å². The van der Waals surface area contributed by atoms with Crippen LogP contribution in [0.1, 0.15) is 24.0 Å². The molecule has 0 radical (unpaired) electrons. The summed E-state index contributed by atoms with van der Waals surface area (Å²) in [6, 6.07) is -1.01. The van der Waals surface area contributed by atoms with Crippen molar-refractivity contribution in [1.82, 2.24) is 15.2 Å². The van der Waals surface area contributed by atoms with Gasteiger partial charge < -0.3 is 15.3 Å². The number of aliphatic carboxylic acids is 1. The van der Waals surface area contributed by atoms with Crippen LogP contribution in [0.2, 0.25) is 0 Å². The lowest BCUT2D eigenvalue weighted by molar-refractivity contribution is -0.142. The molecule has 1 fully saturated rings. The molecule has 2 N–H and O–H groups in total. The van der Waals surface area contributed by atoms with Crippen molar-refractivity contribution in [2.75, 3.05) is 13.1 Å². The third kappa shape index (κ3) is 3.27. The van der Waals surface area contributed by atoms with Crippen LogP contribution in [-0.2, 0) is 11.2 Å². The number of hydrogen-bond donors (Lipinski definition) is 2. The number of hydrogen-bond acceptors (Lipinski definition) is 4. The van der Waals surface area contributed by atoms with Gasteiger partial charge in [-0.2, -0.15) is 0 Å². The van der Waals surface area contributed by atoms with E-state index in [1.807, 2.05) is 19.2 Å². The fourth-order valence-corrected chi connectivity index (χ4v) is 3.22. The first-order valence-corrected chi connectivity index (χ1v) is 7.55. The molecule has 110 valence electrons. The Balaban J connectivity index is 1.84. The van der Waals surface area contributed by atoms with Gasteiger partial charge in [0.2, 0.25) is 0 Å². The minimum absolute atomic E-state index is 0.000128. The highest BCUT2D eigenvalue weighted by atomic mass is 32.1. The maximum atomic E-state index is 12.0. The molecule has 2 heterocycles. The van der Waals surface area contributed by atoms with Gasteiger partial charge in [0.05, 0.1) is 5.01 Å². The number of aromatic nitrogens is 1. The van der Waals surface area contributed by atoms with Crippen molar-refractivity contribution in [2.24, 2.45) is 5.92 Å². The molecule has 2 atom stereocenters. The summed E-state index contributed by atoms with van der Waals surface area (Å²) >= 11 is 1.57. The van der Waals surface area contributed by atoms with Crippen molar-refractivity contribution < 1.29 is 14.7 Å². The number of amides is 2. The van der Waals surface area contributed by atoms with Gasteiger partial charge in [-0.05, 0) is 19.3 Å². The number of aryl methyl sites for hydroxylation is 1. The lowest BCUT2D eigenvalue weighted by Gasteiger charge is -2.23. The molecule has 1 aliphatic rings. The average molecular weight is 297 g/mol. The molecule has 1 aromatic heterocycles. The molecule has 6 nitrogen and oxygen atoms in total. The molecule has 0 saturated carbocycles. The number of likely N-dealkylation sites (tertiary alicyclic amines) is 1. The summed E-state index contributed by atoms with van der Waals surface area (Å²) in [6.45, 7) is 4.77. The van der Waals surface area contributed by atoms with E-state index in [0.717, 1.165) is 17.1 Å². The van der Waals surface area contributed by atoms with Crippen molar-refractivity contribution in [3.8, 4) is 0 Å². The van der Waals surface area contributed by atoms with Crippen LogP contribution >= 0.6 is 11.3 Å². The van der Waals surface area contributed by atoms with E-state index in [1.165, 1.54) is 4.90 Å². The molecule has 2 amide bonds.